The minimum atomic E-state index is -0.385. The van der Waals surface area contributed by atoms with E-state index in [2.05, 4.69) is 10.3 Å². The summed E-state index contributed by atoms with van der Waals surface area (Å²) in [5, 5.41) is 3.76. The van der Waals surface area contributed by atoms with Gasteiger partial charge >= 0.3 is 0 Å². The lowest BCUT2D eigenvalue weighted by Gasteiger charge is -2.23. The average Bonchev–Trinajstić information content (AvgIpc) is 2.42. The molecule has 1 atom stereocenters. The molecule has 0 bridgehead atoms. The molecular formula is C14H14N2O2. The van der Waals surface area contributed by atoms with Crippen molar-refractivity contribution in [1.82, 2.24) is 10.3 Å². The van der Waals surface area contributed by atoms with Gasteiger partial charge in [0, 0.05) is 18.1 Å². The molecule has 1 amide bonds. The fourth-order valence-corrected chi connectivity index (χ4v) is 2.18. The van der Waals surface area contributed by atoms with Gasteiger partial charge in [-0.05, 0) is 31.0 Å². The first kappa shape index (κ1) is 11.0. The lowest BCUT2D eigenvalue weighted by Crippen LogP contribution is -2.43. The molecular weight excluding hydrogens is 228 g/mol. The summed E-state index contributed by atoms with van der Waals surface area (Å²) in [6.45, 7) is 0.746. The Hall–Kier alpha value is -2.10. The van der Waals surface area contributed by atoms with E-state index in [-0.39, 0.29) is 12.0 Å². The molecule has 1 aliphatic rings. The predicted octanol–water partition coefficient (Wildman–Crippen LogP) is 1.89. The molecule has 18 heavy (non-hydrogen) atoms. The number of aromatic nitrogens is 1. The predicted molar refractivity (Wildman–Crippen MR) is 68.4 cm³/mol. The molecule has 0 spiro atoms. The van der Waals surface area contributed by atoms with Crippen LogP contribution in [0.25, 0.3) is 10.9 Å². The van der Waals surface area contributed by atoms with Crippen molar-refractivity contribution in [1.29, 1.82) is 0 Å². The van der Waals surface area contributed by atoms with Crippen molar-refractivity contribution < 1.29 is 9.53 Å². The second-order valence-corrected chi connectivity index (χ2v) is 4.37. The Kier molecular flexibility index (Phi) is 2.84. The van der Waals surface area contributed by atoms with Gasteiger partial charge in [-0.3, -0.25) is 9.78 Å². The van der Waals surface area contributed by atoms with Crippen molar-refractivity contribution >= 4 is 16.8 Å². The highest BCUT2D eigenvalue weighted by Crippen LogP contribution is 2.25. The van der Waals surface area contributed by atoms with Crippen LogP contribution in [-0.2, 0) is 4.79 Å². The van der Waals surface area contributed by atoms with Crippen LogP contribution in [0.2, 0.25) is 0 Å². The van der Waals surface area contributed by atoms with E-state index >= 15 is 0 Å². The summed E-state index contributed by atoms with van der Waals surface area (Å²) < 4.78 is 5.83. The molecule has 0 saturated carbocycles. The van der Waals surface area contributed by atoms with Gasteiger partial charge < -0.3 is 10.1 Å². The van der Waals surface area contributed by atoms with E-state index in [1.54, 1.807) is 6.20 Å². The number of ether oxygens (including phenoxy) is 1. The van der Waals surface area contributed by atoms with Crippen molar-refractivity contribution in [2.24, 2.45) is 0 Å². The smallest absolute Gasteiger partial charge is 0.261 e. The highest BCUT2D eigenvalue weighted by molar-refractivity contribution is 5.86. The second kappa shape index (κ2) is 4.64. The quantitative estimate of drug-likeness (QED) is 0.875. The zero-order chi connectivity index (χ0) is 12.4. The van der Waals surface area contributed by atoms with Crippen LogP contribution in [0.5, 0.6) is 5.75 Å². The number of para-hydroxylation sites is 1. The number of hydrogen-bond donors (Lipinski definition) is 1. The van der Waals surface area contributed by atoms with Crippen LogP contribution in [-0.4, -0.2) is 23.5 Å². The number of hydrogen-bond acceptors (Lipinski definition) is 3. The lowest BCUT2D eigenvalue weighted by molar-refractivity contribution is -0.129. The Morgan fingerprint density at radius 1 is 1.28 bits per heavy atom. The topological polar surface area (TPSA) is 51.2 Å². The van der Waals surface area contributed by atoms with E-state index < -0.39 is 0 Å². The van der Waals surface area contributed by atoms with Gasteiger partial charge in [-0.15, -0.1) is 0 Å². The number of nitrogens with zero attached hydrogens (tertiary/aromatic N) is 1. The van der Waals surface area contributed by atoms with Gasteiger partial charge in [-0.25, -0.2) is 0 Å². The van der Waals surface area contributed by atoms with Crippen LogP contribution in [0.3, 0.4) is 0 Å². The van der Waals surface area contributed by atoms with Crippen molar-refractivity contribution in [3.63, 3.8) is 0 Å². The normalized spacial score (nSPS) is 19.6. The van der Waals surface area contributed by atoms with Crippen molar-refractivity contribution in [2.75, 3.05) is 6.54 Å². The van der Waals surface area contributed by atoms with Crippen LogP contribution < -0.4 is 10.1 Å². The summed E-state index contributed by atoms with van der Waals surface area (Å²) in [5.41, 5.74) is 0.881. The minimum absolute atomic E-state index is 0.0258. The van der Waals surface area contributed by atoms with Crippen LogP contribution in [0.1, 0.15) is 12.8 Å². The first-order chi connectivity index (χ1) is 8.84. The molecule has 0 aliphatic carbocycles. The Labute approximate surface area is 105 Å². The van der Waals surface area contributed by atoms with Gasteiger partial charge in [0.1, 0.15) is 5.75 Å². The number of rotatable bonds is 2. The third kappa shape index (κ3) is 2.01. The molecule has 2 aromatic rings. The zero-order valence-electron chi connectivity index (χ0n) is 9.93. The molecule has 1 aromatic heterocycles. The minimum Gasteiger partial charge on any atom is -0.480 e. The molecule has 2 heterocycles. The summed E-state index contributed by atoms with van der Waals surface area (Å²) >= 11 is 0. The zero-order valence-corrected chi connectivity index (χ0v) is 9.93. The molecule has 4 nitrogen and oxygen atoms in total. The molecule has 3 rings (SSSR count). The molecule has 1 unspecified atom stereocenters. The highest BCUT2D eigenvalue weighted by Gasteiger charge is 2.24. The third-order valence-electron chi connectivity index (χ3n) is 3.11. The van der Waals surface area contributed by atoms with E-state index in [4.69, 9.17) is 4.74 Å². The molecule has 1 aromatic carbocycles. The van der Waals surface area contributed by atoms with Crippen molar-refractivity contribution in [2.45, 2.75) is 18.9 Å². The summed E-state index contributed by atoms with van der Waals surface area (Å²) in [7, 11) is 0. The Bertz CT molecular complexity index is 578. The van der Waals surface area contributed by atoms with Gasteiger partial charge in [0.15, 0.2) is 6.10 Å². The van der Waals surface area contributed by atoms with Crippen molar-refractivity contribution in [3.05, 3.63) is 36.5 Å². The Morgan fingerprint density at radius 3 is 3.06 bits per heavy atom. The maximum atomic E-state index is 11.7. The molecule has 1 saturated heterocycles. The number of benzene rings is 1. The Balaban J connectivity index is 1.92. The largest absolute Gasteiger partial charge is 0.480 e. The summed E-state index contributed by atoms with van der Waals surface area (Å²) in [6.07, 6.45) is 3.05. The number of piperidine rings is 1. The average molecular weight is 242 g/mol. The third-order valence-corrected chi connectivity index (χ3v) is 3.11. The van der Waals surface area contributed by atoms with E-state index in [1.165, 1.54) is 0 Å². The van der Waals surface area contributed by atoms with E-state index in [9.17, 15) is 4.79 Å². The summed E-state index contributed by atoms with van der Waals surface area (Å²) in [6, 6.07) is 9.58. The van der Waals surface area contributed by atoms with E-state index in [0.717, 1.165) is 36.0 Å². The van der Waals surface area contributed by atoms with E-state index in [0.29, 0.717) is 0 Å². The SMILES string of the molecule is O=C1NCCCC1Oc1ccnc2ccccc12. The number of carbonyl (C=O) groups is 1. The molecule has 1 aliphatic heterocycles. The van der Waals surface area contributed by atoms with Gasteiger partial charge in [-0.2, -0.15) is 0 Å². The van der Waals surface area contributed by atoms with Crippen LogP contribution in [0.4, 0.5) is 0 Å². The molecule has 92 valence electrons. The molecule has 4 heteroatoms. The standard InChI is InChI=1S/C14H14N2O2/c17-14-13(6-3-8-16-14)18-12-7-9-15-11-5-2-1-4-10(11)12/h1-2,4-5,7,9,13H,3,6,8H2,(H,16,17). The maximum absolute atomic E-state index is 11.7. The monoisotopic (exact) mass is 242 g/mol. The van der Waals surface area contributed by atoms with Crippen LogP contribution in [0, 0.1) is 0 Å². The first-order valence-electron chi connectivity index (χ1n) is 6.13. The highest BCUT2D eigenvalue weighted by atomic mass is 16.5. The molecule has 1 fully saturated rings. The van der Waals surface area contributed by atoms with Gasteiger partial charge in [0.2, 0.25) is 0 Å². The number of fused-ring (bicyclic) bond motifs is 1. The van der Waals surface area contributed by atoms with Crippen molar-refractivity contribution in [3.8, 4) is 5.75 Å². The summed E-state index contributed by atoms with van der Waals surface area (Å²) in [4.78, 5) is 16.0. The number of amides is 1. The maximum Gasteiger partial charge on any atom is 0.261 e. The van der Waals surface area contributed by atoms with E-state index in [1.807, 2.05) is 30.3 Å². The lowest BCUT2D eigenvalue weighted by atomic mass is 10.1. The second-order valence-electron chi connectivity index (χ2n) is 4.37. The molecule has 0 radical (unpaired) electrons. The van der Waals surface area contributed by atoms with Gasteiger partial charge in [-0.1, -0.05) is 12.1 Å². The first-order valence-corrected chi connectivity index (χ1v) is 6.13. The summed E-state index contributed by atoms with van der Waals surface area (Å²) in [5.74, 6) is 0.699. The number of pyridine rings is 1. The number of nitrogens with one attached hydrogen (secondary N) is 1. The van der Waals surface area contributed by atoms with Gasteiger partial charge in [0.05, 0.1) is 5.52 Å². The van der Waals surface area contributed by atoms with Gasteiger partial charge in [0.25, 0.3) is 5.91 Å². The fourth-order valence-electron chi connectivity index (χ4n) is 2.18. The van der Waals surface area contributed by atoms with Crippen LogP contribution >= 0.6 is 0 Å². The number of carbonyl (C=O) groups excluding carboxylic acids is 1. The fraction of sp³-hybridized carbons (Fsp3) is 0.286. The van der Waals surface area contributed by atoms with Crippen LogP contribution in [0.15, 0.2) is 36.5 Å². The Morgan fingerprint density at radius 2 is 2.17 bits per heavy atom. The molecule has 1 N–H and O–H groups in total.